The van der Waals surface area contributed by atoms with Crippen molar-refractivity contribution in [3.63, 3.8) is 0 Å². The lowest BCUT2D eigenvalue weighted by Gasteiger charge is -2.09. The molecule has 1 aromatic carbocycles. The van der Waals surface area contributed by atoms with Gasteiger partial charge in [0.2, 0.25) is 5.91 Å². The van der Waals surface area contributed by atoms with Gasteiger partial charge in [0.1, 0.15) is 17.4 Å². The van der Waals surface area contributed by atoms with Gasteiger partial charge >= 0.3 is 11.9 Å². The van der Waals surface area contributed by atoms with Crippen LogP contribution in [0.25, 0.3) is 0 Å². The molecule has 0 spiro atoms. The molecule has 0 heterocycles. The van der Waals surface area contributed by atoms with Crippen LogP contribution < -0.4 is 15.8 Å². The second kappa shape index (κ2) is 8.74. The van der Waals surface area contributed by atoms with E-state index in [-0.39, 0.29) is 30.2 Å². The first-order valence-electron chi connectivity index (χ1n) is 7.00. The highest BCUT2D eigenvalue weighted by atomic mass is 16.5. The minimum absolute atomic E-state index is 0.0712. The van der Waals surface area contributed by atoms with Gasteiger partial charge in [-0.2, -0.15) is 0 Å². The number of amides is 1. The van der Waals surface area contributed by atoms with E-state index in [0.29, 0.717) is 12.8 Å². The van der Waals surface area contributed by atoms with Crippen LogP contribution in [-0.4, -0.2) is 47.8 Å². The molecule has 1 rings (SSSR count). The van der Waals surface area contributed by atoms with Gasteiger partial charge in [-0.1, -0.05) is 6.07 Å². The fraction of sp³-hybridized carbons (Fsp3) is 0.400. The average molecular weight is 324 g/mol. The molecule has 0 aromatic heterocycles. The average Bonchev–Trinajstić information content (AvgIpc) is 2.52. The number of ether oxygens (including phenoxy) is 1. The van der Waals surface area contributed by atoms with E-state index < -0.39 is 18.0 Å². The molecule has 5 N–H and O–H groups in total. The molecule has 1 atom stereocenters. The van der Waals surface area contributed by atoms with E-state index in [1.165, 1.54) is 13.2 Å². The highest BCUT2D eigenvalue weighted by Crippen LogP contribution is 2.20. The molecule has 8 heteroatoms. The summed E-state index contributed by atoms with van der Waals surface area (Å²) in [4.78, 5) is 33.2. The van der Waals surface area contributed by atoms with E-state index >= 15 is 0 Å². The van der Waals surface area contributed by atoms with Crippen LogP contribution >= 0.6 is 0 Å². The lowest BCUT2D eigenvalue weighted by atomic mass is 10.0. The molecule has 0 aliphatic carbocycles. The summed E-state index contributed by atoms with van der Waals surface area (Å²) in [6.07, 6.45) is 1.21. The summed E-state index contributed by atoms with van der Waals surface area (Å²) in [5, 5.41) is 20.1. The Morgan fingerprint density at radius 2 is 2.00 bits per heavy atom. The lowest BCUT2D eigenvalue weighted by molar-refractivity contribution is -0.138. The molecule has 8 nitrogen and oxygen atoms in total. The molecule has 0 fully saturated rings. The van der Waals surface area contributed by atoms with Crippen molar-refractivity contribution in [1.29, 1.82) is 0 Å². The third kappa shape index (κ3) is 5.95. The Morgan fingerprint density at radius 1 is 1.30 bits per heavy atom. The molecule has 1 amide bonds. The Labute approximate surface area is 133 Å². The number of rotatable bonds is 9. The second-order valence-electron chi connectivity index (χ2n) is 4.94. The number of aliphatic carboxylic acids is 1. The number of nitrogens with one attached hydrogen (secondary N) is 1. The molecule has 0 aliphatic rings. The first-order chi connectivity index (χ1) is 10.8. The van der Waals surface area contributed by atoms with Crippen LogP contribution in [0.5, 0.6) is 5.75 Å². The quantitative estimate of drug-likeness (QED) is 0.510. The maximum Gasteiger partial charge on any atom is 0.339 e. The number of nitrogens with two attached hydrogens (primary N) is 1. The first-order valence-corrected chi connectivity index (χ1v) is 7.00. The van der Waals surface area contributed by atoms with Crippen molar-refractivity contribution in [2.45, 2.75) is 25.3 Å². The zero-order valence-electron chi connectivity index (χ0n) is 12.7. The fourth-order valence-corrected chi connectivity index (χ4v) is 1.93. The molecule has 0 bridgehead atoms. The number of carboxylic acids is 2. The fourth-order valence-electron chi connectivity index (χ4n) is 1.93. The normalized spacial score (nSPS) is 11.6. The zero-order chi connectivity index (χ0) is 17.4. The number of carbonyl (C=O) groups is 3. The van der Waals surface area contributed by atoms with Crippen molar-refractivity contribution in [2.24, 2.45) is 5.73 Å². The van der Waals surface area contributed by atoms with Crippen molar-refractivity contribution < 1.29 is 29.3 Å². The minimum atomic E-state index is -1.18. The predicted octanol–water partition coefficient (Wildman–Crippen LogP) is 0.244. The van der Waals surface area contributed by atoms with Gasteiger partial charge in [0.05, 0.1) is 7.11 Å². The van der Waals surface area contributed by atoms with E-state index in [1.54, 1.807) is 12.1 Å². The van der Waals surface area contributed by atoms with Gasteiger partial charge < -0.3 is 26.0 Å². The topological polar surface area (TPSA) is 139 Å². The van der Waals surface area contributed by atoms with Gasteiger partial charge in [-0.15, -0.1) is 0 Å². The molecule has 0 saturated carbocycles. The van der Waals surface area contributed by atoms with Gasteiger partial charge in [-0.05, 0) is 30.5 Å². The van der Waals surface area contributed by atoms with Crippen molar-refractivity contribution in [3.8, 4) is 5.75 Å². The van der Waals surface area contributed by atoms with Crippen molar-refractivity contribution in [2.75, 3.05) is 13.7 Å². The zero-order valence-corrected chi connectivity index (χ0v) is 12.7. The number of hydrogen-bond acceptors (Lipinski definition) is 5. The van der Waals surface area contributed by atoms with Gasteiger partial charge in [-0.25, -0.2) is 4.79 Å². The molecule has 1 aromatic rings. The van der Waals surface area contributed by atoms with E-state index in [9.17, 15) is 14.4 Å². The van der Waals surface area contributed by atoms with Crippen LogP contribution in [0.4, 0.5) is 0 Å². The Morgan fingerprint density at radius 3 is 2.57 bits per heavy atom. The van der Waals surface area contributed by atoms with Crippen LogP contribution in [0.1, 0.15) is 28.8 Å². The summed E-state index contributed by atoms with van der Waals surface area (Å²) in [6, 6.07) is 3.70. The van der Waals surface area contributed by atoms with E-state index in [0.717, 1.165) is 5.56 Å². The SMILES string of the molecule is COc1ccc(CCCC(=O)NC[C@H](N)C(=O)O)cc1C(=O)O. The number of hydrogen-bond donors (Lipinski definition) is 4. The summed E-state index contributed by atoms with van der Waals surface area (Å²) < 4.78 is 4.97. The third-order valence-electron chi connectivity index (χ3n) is 3.20. The van der Waals surface area contributed by atoms with Crippen molar-refractivity contribution >= 4 is 17.8 Å². The summed E-state index contributed by atoms with van der Waals surface area (Å²) in [5.74, 6) is -2.27. The predicted molar refractivity (Wildman–Crippen MR) is 81.5 cm³/mol. The van der Waals surface area contributed by atoms with E-state index in [1.807, 2.05) is 0 Å². The maximum absolute atomic E-state index is 11.6. The number of carbonyl (C=O) groups excluding carboxylic acids is 1. The summed E-state index contributed by atoms with van der Waals surface area (Å²) >= 11 is 0. The number of methoxy groups -OCH3 is 1. The highest BCUT2D eigenvalue weighted by Gasteiger charge is 2.13. The van der Waals surface area contributed by atoms with Gasteiger partial charge in [0.15, 0.2) is 0 Å². The van der Waals surface area contributed by atoms with Crippen LogP contribution in [0.2, 0.25) is 0 Å². The highest BCUT2D eigenvalue weighted by molar-refractivity contribution is 5.91. The second-order valence-corrected chi connectivity index (χ2v) is 4.94. The number of aromatic carboxylic acids is 1. The van der Waals surface area contributed by atoms with Gasteiger partial charge in [0, 0.05) is 13.0 Å². The van der Waals surface area contributed by atoms with Gasteiger partial charge in [0.25, 0.3) is 0 Å². The van der Waals surface area contributed by atoms with E-state index in [2.05, 4.69) is 5.32 Å². The molecule has 126 valence electrons. The van der Waals surface area contributed by atoms with Gasteiger partial charge in [-0.3, -0.25) is 9.59 Å². The summed E-state index contributed by atoms with van der Waals surface area (Å²) in [5.41, 5.74) is 6.12. The van der Waals surface area contributed by atoms with Crippen molar-refractivity contribution in [3.05, 3.63) is 29.3 Å². The standard InChI is InChI=1S/C15H20N2O6/c1-23-12-6-5-9(7-10(12)14(19)20)3-2-4-13(18)17-8-11(16)15(21)22/h5-7,11H,2-4,8,16H2,1H3,(H,17,18)(H,19,20)(H,21,22)/t11-/m0/s1. The van der Waals surface area contributed by atoms with Crippen molar-refractivity contribution in [1.82, 2.24) is 5.32 Å². The minimum Gasteiger partial charge on any atom is -0.496 e. The van der Waals surface area contributed by atoms with Crippen LogP contribution in [0.3, 0.4) is 0 Å². The first kappa shape index (κ1) is 18.4. The monoisotopic (exact) mass is 324 g/mol. The van der Waals surface area contributed by atoms with Crippen LogP contribution in [-0.2, 0) is 16.0 Å². The Hall–Kier alpha value is -2.61. The molecule has 0 aliphatic heterocycles. The third-order valence-corrected chi connectivity index (χ3v) is 3.20. The number of benzene rings is 1. The Balaban J connectivity index is 2.47. The van der Waals surface area contributed by atoms with Crippen LogP contribution in [0.15, 0.2) is 18.2 Å². The summed E-state index contributed by atoms with van der Waals surface area (Å²) in [6.45, 7) is -0.125. The molecule has 23 heavy (non-hydrogen) atoms. The van der Waals surface area contributed by atoms with E-state index in [4.69, 9.17) is 20.7 Å². The largest absolute Gasteiger partial charge is 0.496 e. The number of carboxylic acid groups (broad SMARTS) is 2. The smallest absolute Gasteiger partial charge is 0.339 e. The summed E-state index contributed by atoms with van der Waals surface area (Å²) in [7, 11) is 1.40. The Kier molecular flexibility index (Phi) is 7.01. The molecule has 0 unspecified atom stereocenters. The molecular formula is C15H20N2O6. The molecule has 0 saturated heterocycles. The molecular weight excluding hydrogens is 304 g/mol. The number of aryl methyl sites for hydroxylation is 1. The molecule has 0 radical (unpaired) electrons. The Bertz CT molecular complexity index is 587. The van der Waals surface area contributed by atoms with Crippen LogP contribution in [0, 0.1) is 0 Å². The lowest BCUT2D eigenvalue weighted by Crippen LogP contribution is -2.42. The maximum atomic E-state index is 11.6.